The molecule has 1 aromatic carbocycles. The highest BCUT2D eigenvalue weighted by molar-refractivity contribution is 5.99. The number of carbonyl (C=O) groups is 1. The molecule has 20 heavy (non-hydrogen) atoms. The monoisotopic (exact) mass is 275 g/mol. The zero-order chi connectivity index (χ0) is 14.7. The van der Waals surface area contributed by atoms with Crippen LogP contribution in [0.4, 0.5) is 0 Å². The molecule has 0 aliphatic carbocycles. The molecule has 2 N–H and O–H groups in total. The van der Waals surface area contributed by atoms with Crippen molar-refractivity contribution in [1.82, 2.24) is 5.32 Å². The number of hydrogen-bond acceptors (Lipinski definition) is 4. The molecule has 2 rings (SSSR count). The van der Waals surface area contributed by atoms with Gasteiger partial charge in [-0.15, -0.1) is 0 Å². The lowest BCUT2D eigenvalue weighted by atomic mass is 10.1. The van der Waals surface area contributed by atoms with Crippen LogP contribution in [0.5, 0.6) is 0 Å². The molecular formula is C15H17NO4. The lowest BCUT2D eigenvalue weighted by Gasteiger charge is -2.11. The van der Waals surface area contributed by atoms with Gasteiger partial charge in [0, 0.05) is 18.5 Å². The maximum absolute atomic E-state index is 12.1. The molecule has 0 saturated heterocycles. The number of fused-ring (bicyclic) bond motifs is 1. The van der Waals surface area contributed by atoms with E-state index in [-0.39, 0.29) is 18.1 Å². The summed E-state index contributed by atoms with van der Waals surface area (Å²) in [5, 5.41) is 12.3. The number of amides is 1. The molecule has 1 unspecified atom stereocenters. The lowest BCUT2D eigenvalue weighted by molar-refractivity contribution is 0.0938. The topological polar surface area (TPSA) is 79.5 Å². The van der Waals surface area contributed by atoms with Crippen LogP contribution in [-0.4, -0.2) is 24.2 Å². The fraction of sp³-hybridized carbons (Fsp3) is 0.333. The second-order valence-corrected chi connectivity index (χ2v) is 4.88. The smallest absolute Gasteiger partial charge is 0.349 e. The number of rotatable bonds is 4. The number of nitrogens with one attached hydrogen (secondary N) is 1. The quantitative estimate of drug-likeness (QED) is 0.828. The Balaban J connectivity index is 2.39. The van der Waals surface area contributed by atoms with Crippen LogP contribution in [0.2, 0.25) is 0 Å². The molecule has 0 spiro atoms. The van der Waals surface area contributed by atoms with Gasteiger partial charge in [-0.3, -0.25) is 4.79 Å². The normalized spacial score (nSPS) is 12.3. The Labute approximate surface area is 116 Å². The second-order valence-electron chi connectivity index (χ2n) is 4.88. The average molecular weight is 275 g/mol. The van der Waals surface area contributed by atoms with E-state index in [0.29, 0.717) is 17.7 Å². The van der Waals surface area contributed by atoms with Gasteiger partial charge in [-0.25, -0.2) is 4.79 Å². The Morgan fingerprint density at radius 3 is 2.80 bits per heavy atom. The summed E-state index contributed by atoms with van der Waals surface area (Å²) < 4.78 is 5.16. The molecule has 0 fully saturated rings. The molecule has 1 amide bonds. The Bertz CT molecular complexity index is 690. The Morgan fingerprint density at radius 2 is 2.10 bits per heavy atom. The summed E-state index contributed by atoms with van der Waals surface area (Å²) in [6.45, 7) is 3.81. The van der Waals surface area contributed by atoms with E-state index in [9.17, 15) is 9.59 Å². The van der Waals surface area contributed by atoms with Gasteiger partial charge in [-0.2, -0.15) is 0 Å². The van der Waals surface area contributed by atoms with Gasteiger partial charge in [0.25, 0.3) is 5.91 Å². The molecule has 1 atom stereocenters. The van der Waals surface area contributed by atoms with Crippen LogP contribution in [0.25, 0.3) is 11.0 Å². The molecule has 0 aliphatic heterocycles. The van der Waals surface area contributed by atoms with Crippen molar-refractivity contribution >= 4 is 16.9 Å². The minimum atomic E-state index is -0.643. The summed E-state index contributed by atoms with van der Waals surface area (Å²) in [6.07, 6.45) is 0. The van der Waals surface area contributed by atoms with Crippen molar-refractivity contribution < 1.29 is 14.3 Å². The van der Waals surface area contributed by atoms with E-state index in [1.807, 2.05) is 6.07 Å². The third-order valence-corrected chi connectivity index (χ3v) is 3.22. The highest BCUT2D eigenvalue weighted by Crippen LogP contribution is 2.18. The van der Waals surface area contributed by atoms with Crippen LogP contribution >= 0.6 is 0 Å². The first-order valence-corrected chi connectivity index (χ1v) is 6.46. The summed E-state index contributed by atoms with van der Waals surface area (Å²) >= 11 is 0. The predicted octanol–water partition coefficient (Wildman–Crippen LogP) is 1.46. The number of aryl methyl sites for hydroxylation is 1. The summed E-state index contributed by atoms with van der Waals surface area (Å²) in [5.74, 6) is -0.533. The minimum Gasteiger partial charge on any atom is -0.422 e. The molecule has 0 radical (unpaired) electrons. The standard InChI is InChI=1S/C15H17NO4/c1-9(8-17)7-16-14(18)13-10(2)11-5-3-4-6-12(11)20-15(13)19/h3-6,9,17H,7-8H2,1-2H3,(H,16,18). The Hall–Kier alpha value is -2.14. The third kappa shape index (κ3) is 2.72. The van der Waals surface area contributed by atoms with Gasteiger partial charge in [0.05, 0.1) is 0 Å². The van der Waals surface area contributed by atoms with Crippen LogP contribution in [0, 0.1) is 12.8 Å². The van der Waals surface area contributed by atoms with Crippen molar-refractivity contribution in [3.8, 4) is 0 Å². The van der Waals surface area contributed by atoms with E-state index in [4.69, 9.17) is 9.52 Å². The van der Waals surface area contributed by atoms with Crippen molar-refractivity contribution in [1.29, 1.82) is 0 Å². The number of aliphatic hydroxyl groups is 1. The van der Waals surface area contributed by atoms with E-state index in [1.54, 1.807) is 32.0 Å². The highest BCUT2D eigenvalue weighted by atomic mass is 16.4. The van der Waals surface area contributed by atoms with Crippen LogP contribution in [0.15, 0.2) is 33.5 Å². The van der Waals surface area contributed by atoms with Crippen molar-refractivity contribution in [3.63, 3.8) is 0 Å². The maximum atomic E-state index is 12.1. The van der Waals surface area contributed by atoms with E-state index in [1.165, 1.54) is 0 Å². The largest absolute Gasteiger partial charge is 0.422 e. The summed E-state index contributed by atoms with van der Waals surface area (Å²) in [7, 11) is 0. The van der Waals surface area contributed by atoms with Crippen molar-refractivity contribution in [3.05, 3.63) is 45.8 Å². The number of aliphatic hydroxyl groups excluding tert-OH is 1. The average Bonchev–Trinajstić information content (AvgIpc) is 2.44. The zero-order valence-corrected chi connectivity index (χ0v) is 11.5. The number of carbonyl (C=O) groups excluding carboxylic acids is 1. The molecule has 2 aromatic rings. The molecule has 106 valence electrons. The molecule has 1 aromatic heterocycles. The fourth-order valence-corrected chi connectivity index (χ4v) is 1.99. The number of benzene rings is 1. The Morgan fingerprint density at radius 1 is 1.40 bits per heavy atom. The van der Waals surface area contributed by atoms with Crippen LogP contribution < -0.4 is 10.9 Å². The van der Waals surface area contributed by atoms with E-state index in [0.717, 1.165) is 5.39 Å². The molecule has 5 nitrogen and oxygen atoms in total. The fourth-order valence-electron chi connectivity index (χ4n) is 1.99. The maximum Gasteiger partial charge on any atom is 0.349 e. The van der Waals surface area contributed by atoms with Crippen molar-refractivity contribution in [2.24, 2.45) is 5.92 Å². The van der Waals surface area contributed by atoms with Crippen LogP contribution in [0.1, 0.15) is 22.8 Å². The molecule has 1 heterocycles. The predicted molar refractivity (Wildman–Crippen MR) is 75.8 cm³/mol. The SMILES string of the molecule is Cc1c(C(=O)NCC(C)CO)c(=O)oc2ccccc12. The van der Waals surface area contributed by atoms with Crippen molar-refractivity contribution in [2.45, 2.75) is 13.8 Å². The van der Waals surface area contributed by atoms with E-state index < -0.39 is 11.5 Å². The van der Waals surface area contributed by atoms with Crippen LogP contribution in [0.3, 0.4) is 0 Å². The van der Waals surface area contributed by atoms with Crippen LogP contribution in [-0.2, 0) is 0 Å². The van der Waals surface area contributed by atoms with Gasteiger partial charge in [0.1, 0.15) is 11.1 Å². The summed E-state index contributed by atoms with van der Waals surface area (Å²) in [6, 6.07) is 7.10. The highest BCUT2D eigenvalue weighted by Gasteiger charge is 2.18. The van der Waals surface area contributed by atoms with Gasteiger partial charge >= 0.3 is 5.63 Å². The summed E-state index contributed by atoms with van der Waals surface area (Å²) in [5.41, 5.74) is 0.450. The molecule has 0 bridgehead atoms. The van der Waals surface area contributed by atoms with E-state index in [2.05, 4.69) is 5.32 Å². The van der Waals surface area contributed by atoms with Gasteiger partial charge in [-0.05, 0) is 24.5 Å². The molecule has 0 saturated carbocycles. The minimum absolute atomic E-state index is 0.0221. The second kappa shape index (κ2) is 5.88. The lowest BCUT2D eigenvalue weighted by Crippen LogP contribution is -2.33. The van der Waals surface area contributed by atoms with Gasteiger partial charge in [-0.1, -0.05) is 25.1 Å². The van der Waals surface area contributed by atoms with Gasteiger partial charge < -0.3 is 14.8 Å². The summed E-state index contributed by atoms with van der Waals surface area (Å²) in [4.78, 5) is 24.0. The van der Waals surface area contributed by atoms with Gasteiger partial charge in [0.2, 0.25) is 0 Å². The van der Waals surface area contributed by atoms with E-state index >= 15 is 0 Å². The molecule has 5 heteroatoms. The first-order valence-electron chi connectivity index (χ1n) is 6.46. The first kappa shape index (κ1) is 14.3. The third-order valence-electron chi connectivity index (χ3n) is 3.22. The first-order chi connectivity index (χ1) is 9.54. The zero-order valence-electron chi connectivity index (χ0n) is 11.5. The van der Waals surface area contributed by atoms with Gasteiger partial charge in [0.15, 0.2) is 0 Å². The molecular weight excluding hydrogens is 258 g/mol. The van der Waals surface area contributed by atoms with Crippen molar-refractivity contribution in [2.75, 3.05) is 13.2 Å². The number of hydrogen-bond donors (Lipinski definition) is 2. The Kier molecular flexibility index (Phi) is 4.20. The number of para-hydroxylation sites is 1. The molecule has 0 aliphatic rings.